The number of hydrogen-bond acceptors (Lipinski definition) is 3. The Morgan fingerprint density at radius 1 is 0.929 bits per heavy atom. The van der Waals surface area contributed by atoms with Crippen LogP contribution in [0.15, 0.2) is 48.5 Å². The van der Waals surface area contributed by atoms with Crippen LogP contribution in [0.4, 0.5) is 8.78 Å². The van der Waals surface area contributed by atoms with Crippen molar-refractivity contribution in [2.45, 2.75) is 13.0 Å². The molecule has 0 aromatic heterocycles. The van der Waals surface area contributed by atoms with Gasteiger partial charge < -0.3 is 10.2 Å². The zero-order valence-corrected chi connectivity index (χ0v) is 15.5. The Morgan fingerprint density at radius 2 is 1.61 bits per heavy atom. The number of amides is 2. The molecule has 0 saturated carbocycles. The summed E-state index contributed by atoms with van der Waals surface area (Å²) < 4.78 is 26.6. The minimum atomic E-state index is -0.402. The Bertz CT molecular complexity index is 819. The van der Waals surface area contributed by atoms with Crippen molar-refractivity contribution in [2.24, 2.45) is 0 Å². The van der Waals surface area contributed by atoms with E-state index in [2.05, 4.69) is 10.2 Å². The maximum absolute atomic E-state index is 13.8. The van der Waals surface area contributed by atoms with Gasteiger partial charge in [-0.1, -0.05) is 18.2 Å². The van der Waals surface area contributed by atoms with E-state index < -0.39 is 5.82 Å². The highest BCUT2D eigenvalue weighted by molar-refractivity contribution is 5.94. The number of piperazine rings is 1. The monoisotopic (exact) mass is 387 g/mol. The summed E-state index contributed by atoms with van der Waals surface area (Å²) in [6.45, 7) is 3.29. The first-order valence-electron chi connectivity index (χ1n) is 9.30. The molecule has 0 bridgehead atoms. The van der Waals surface area contributed by atoms with Gasteiger partial charge in [0.2, 0.25) is 5.91 Å². The van der Waals surface area contributed by atoms with E-state index in [4.69, 9.17) is 0 Å². The minimum absolute atomic E-state index is 0.0232. The maximum atomic E-state index is 13.8. The molecule has 0 aliphatic carbocycles. The fraction of sp³-hybridized carbons (Fsp3) is 0.333. The van der Waals surface area contributed by atoms with Gasteiger partial charge in [0.15, 0.2) is 0 Å². The fourth-order valence-corrected chi connectivity index (χ4v) is 3.17. The van der Waals surface area contributed by atoms with Crippen LogP contribution in [0.3, 0.4) is 0 Å². The van der Waals surface area contributed by atoms with Gasteiger partial charge in [0.1, 0.15) is 11.6 Å². The number of carbonyl (C=O) groups is 2. The molecule has 5 nitrogen and oxygen atoms in total. The first kappa shape index (κ1) is 19.9. The van der Waals surface area contributed by atoms with E-state index in [1.807, 2.05) is 6.07 Å². The van der Waals surface area contributed by atoms with Crippen LogP contribution in [0.2, 0.25) is 0 Å². The van der Waals surface area contributed by atoms with E-state index in [0.29, 0.717) is 43.9 Å². The highest BCUT2D eigenvalue weighted by Crippen LogP contribution is 2.12. The van der Waals surface area contributed by atoms with Crippen LogP contribution in [0.25, 0.3) is 0 Å². The second-order valence-corrected chi connectivity index (χ2v) is 6.76. The van der Waals surface area contributed by atoms with Gasteiger partial charge in [-0.3, -0.25) is 14.5 Å². The van der Waals surface area contributed by atoms with E-state index in [1.54, 1.807) is 17.0 Å². The van der Waals surface area contributed by atoms with Crippen molar-refractivity contribution in [1.82, 2.24) is 15.1 Å². The van der Waals surface area contributed by atoms with Crippen LogP contribution in [0.1, 0.15) is 22.3 Å². The van der Waals surface area contributed by atoms with Gasteiger partial charge in [-0.05, 0) is 30.3 Å². The molecule has 0 unspecified atom stereocenters. The van der Waals surface area contributed by atoms with Crippen molar-refractivity contribution in [3.05, 3.63) is 71.3 Å². The zero-order chi connectivity index (χ0) is 19.9. The molecule has 1 aliphatic rings. The predicted molar refractivity (Wildman–Crippen MR) is 102 cm³/mol. The Hall–Kier alpha value is -2.80. The van der Waals surface area contributed by atoms with E-state index in [9.17, 15) is 18.4 Å². The SMILES string of the molecule is O=C(NCCC(=O)N1CCN(Cc2ccccc2F)CC1)c1ccc(F)cc1. The van der Waals surface area contributed by atoms with Gasteiger partial charge in [0.25, 0.3) is 5.91 Å². The maximum Gasteiger partial charge on any atom is 0.251 e. The van der Waals surface area contributed by atoms with Gasteiger partial charge in [-0.25, -0.2) is 8.78 Å². The lowest BCUT2D eigenvalue weighted by Gasteiger charge is -2.34. The molecular formula is C21H23F2N3O2. The molecule has 3 rings (SSSR count). The van der Waals surface area contributed by atoms with E-state index in [-0.39, 0.29) is 30.6 Å². The Labute approximate surface area is 162 Å². The third-order valence-electron chi connectivity index (χ3n) is 4.81. The van der Waals surface area contributed by atoms with Crippen molar-refractivity contribution in [3.63, 3.8) is 0 Å². The average Bonchev–Trinajstić information content (AvgIpc) is 2.70. The van der Waals surface area contributed by atoms with Crippen molar-refractivity contribution in [1.29, 1.82) is 0 Å². The van der Waals surface area contributed by atoms with E-state index >= 15 is 0 Å². The van der Waals surface area contributed by atoms with Crippen LogP contribution in [0.5, 0.6) is 0 Å². The molecule has 1 heterocycles. The summed E-state index contributed by atoms with van der Waals surface area (Å²) in [6.07, 6.45) is 0.209. The van der Waals surface area contributed by atoms with Crippen LogP contribution in [0, 0.1) is 11.6 Å². The van der Waals surface area contributed by atoms with Crippen molar-refractivity contribution < 1.29 is 18.4 Å². The number of nitrogens with zero attached hydrogens (tertiary/aromatic N) is 2. The number of nitrogens with one attached hydrogen (secondary N) is 1. The lowest BCUT2D eigenvalue weighted by atomic mass is 10.2. The van der Waals surface area contributed by atoms with Crippen molar-refractivity contribution in [3.8, 4) is 0 Å². The largest absolute Gasteiger partial charge is 0.352 e. The molecule has 0 atom stereocenters. The Balaban J connectivity index is 1.38. The molecule has 2 aromatic carbocycles. The summed E-state index contributed by atoms with van der Waals surface area (Å²) in [6, 6.07) is 12.0. The summed E-state index contributed by atoms with van der Waals surface area (Å²) >= 11 is 0. The number of halogens is 2. The third-order valence-corrected chi connectivity index (χ3v) is 4.81. The van der Waals surface area contributed by atoms with Gasteiger partial charge >= 0.3 is 0 Å². The summed E-state index contributed by atoms with van der Waals surface area (Å²) in [5.74, 6) is -0.966. The molecule has 1 aliphatic heterocycles. The zero-order valence-electron chi connectivity index (χ0n) is 15.5. The van der Waals surface area contributed by atoms with E-state index in [0.717, 1.165) is 0 Å². The minimum Gasteiger partial charge on any atom is -0.352 e. The third kappa shape index (κ3) is 5.36. The predicted octanol–water partition coefficient (Wildman–Crippen LogP) is 2.43. The number of hydrogen-bond donors (Lipinski definition) is 1. The number of rotatable bonds is 6. The molecule has 1 fully saturated rings. The van der Waals surface area contributed by atoms with Crippen LogP contribution in [-0.2, 0) is 11.3 Å². The van der Waals surface area contributed by atoms with Gasteiger partial charge in [-0.2, -0.15) is 0 Å². The number of benzene rings is 2. The lowest BCUT2D eigenvalue weighted by molar-refractivity contribution is -0.132. The highest BCUT2D eigenvalue weighted by atomic mass is 19.1. The average molecular weight is 387 g/mol. The Morgan fingerprint density at radius 3 is 2.29 bits per heavy atom. The first-order chi connectivity index (χ1) is 13.5. The molecule has 7 heteroatoms. The molecule has 2 amide bonds. The van der Waals surface area contributed by atoms with E-state index in [1.165, 1.54) is 30.3 Å². The molecule has 0 radical (unpaired) electrons. The molecular weight excluding hydrogens is 364 g/mol. The topological polar surface area (TPSA) is 52.7 Å². The lowest BCUT2D eigenvalue weighted by Crippen LogP contribution is -2.48. The van der Waals surface area contributed by atoms with Crippen molar-refractivity contribution >= 4 is 11.8 Å². The van der Waals surface area contributed by atoms with Crippen molar-refractivity contribution in [2.75, 3.05) is 32.7 Å². The Kier molecular flexibility index (Phi) is 6.71. The first-order valence-corrected chi connectivity index (χ1v) is 9.30. The number of carbonyl (C=O) groups excluding carboxylic acids is 2. The molecule has 148 valence electrons. The van der Waals surface area contributed by atoms with Gasteiger partial charge in [-0.15, -0.1) is 0 Å². The quantitative estimate of drug-likeness (QED) is 0.828. The summed E-state index contributed by atoms with van der Waals surface area (Å²) in [5.41, 5.74) is 1.02. The summed E-state index contributed by atoms with van der Waals surface area (Å²) in [5, 5.41) is 2.68. The molecule has 2 aromatic rings. The van der Waals surface area contributed by atoms with Crippen LogP contribution < -0.4 is 5.32 Å². The van der Waals surface area contributed by atoms with Gasteiger partial charge in [0.05, 0.1) is 0 Å². The summed E-state index contributed by atoms with van der Waals surface area (Å²) in [4.78, 5) is 28.2. The second-order valence-electron chi connectivity index (χ2n) is 6.76. The smallest absolute Gasteiger partial charge is 0.251 e. The highest BCUT2D eigenvalue weighted by Gasteiger charge is 2.21. The molecule has 1 N–H and O–H groups in total. The fourth-order valence-electron chi connectivity index (χ4n) is 3.17. The molecule has 1 saturated heterocycles. The molecule has 0 spiro atoms. The normalized spacial score (nSPS) is 14.7. The van der Waals surface area contributed by atoms with Gasteiger partial charge in [0, 0.05) is 56.8 Å². The standard InChI is InChI=1S/C21H23F2N3O2/c22-18-7-5-16(6-8-18)21(28)24-10-9-20(27)26-13-11-25(12-14-26)15-17-3-1-2-4-19(17)23/h1-8H,9-15H2,(H,24,28). The summed E-state index contributed by atoms with van der Waals surface area (Å²) in [7, 11) is 0. The second kappa shape index (κ2) is 9.41. The van der Waals surface area contributed by atoms with Crippen LogP contribution in [-0.4, -0.2) is 54.3 Å². The molecule has 28 heavy (non-hydrogen) atoms. The van der Waals surface area contributed by atoms with Crippen LogP contribution >= 0.6 is 0 Å².